The van der Waals surface area contributed by atoms with Crippen molar-refractivity contribution >= 4 is 53.2 Å². The molecule has 2 N–H and O–H groups in total. The van der Waals surface area contributed by atoms with Crippen LogP contribution in [0.2, 0.25) is 2.52 Å². The maximum absolute atomic E-state index is 9.04. The molecule has 0 fully saturated rings. The predicted molar refractivity (Wildman–Crippen MR) is 93.0 cm³/mol. The molecule has 0 radical (unpaired) electrons. The standard InChI is InChI=1S/C15H31.CH3NOS.Ca/c1-3-5-7-9-11-13-15-14-12-10-8-6-4-2;2-1(3)4;/h1,3-15H2,2H3;(H3,2,3,4);/q;;+1/p-1. The van der Waals surface area contributed by atoms with Crippen molar-refractivity contribution in [1.82, 2.24) is 0 Å². The van der Waals surface area contributed by atoms with Gasteiger partial charge in [-0.15, -0.1) is 0 Å². The summed E-state index contributed by atoms with van der Waals surface area (Å²) in [5, 5.41) is 8.29. The Kier molecular flexibility index (Phi) is 25.8. The van der Waals surface area contributed by atoms with Crippen molar-refractivity contribution in [1.29, 1.82) is 0 Å². The third kappa shape index (κ3) is 31.4. The molecule has 0 rings (SSSR count). The Labute approximate surface area is 155 Å². The van der Waals surface area contributed by atoms with Gasteiger partial charge in [-0.05, 0) is 0 Å². The van der Waals surface area contributed by atoms with Gasteiger partial charge in [0.2, 0.25) is 0 Å². The van der Waals surface area contributed by atoms with E-state index in [2.05, 4.69) is 24.9 Å². The predicted octanol–water partition coefficient (Wildman–Crippen LogP) is 4.25. The Morgan fingerprint density at radius 2 is 1.05 bits per heavy atom. The average Bonchev–Trinajstić information content (AvgIpc) is 2.39. The number of rotatable bonds is 13. The van der Waals surface area contributed by atoms with E-state index in [0.717, 1.165) is 0 Å². The van der Waals surface area contributed by atoms with E-state index >= 15 is 0 Å². The van der Waals surface area contributed by atoms with E-state index in [4.69, 9.17) is 5.11 Å². The van der Waals surface area contributed by atoms with Gasteiger partial charge in [0.05, 0.1) is 0 Å². The number of thiocarbonyl (C=S) groups is 1. The molecular formula is C16H33CaNOS. The van der Waals surface area contributed by atoms with Crippen LogP contribution in [0.4, 0.5) is 0 Å². The third-order valence-corrected chi connectivity index (χ3v) is 4.13. The molecule has 0 bridgehead atoms. The molecule has 0 atom stereocenters. The Hall–Kier alpha value is 0.950. The summed E-state index contributed by atoms with van der Waals surface area (Å²) in [4.78, 5) is 0. The molecule has 0 aromatic carbocycles. The maximum atomic E-state index is 9.04. The molecule has 4 heteroatoms. The molecule has 2 nitrogen and oxygen atoms in total. The molecule has 0 aromatic heterocycles. The molecule has 20 heavy (non-hydrogen) atoms. The third-order valence-electron chi connectivity index (χ3n) is 3.35. The molecule has 0 aliphatic heterocycles. The summed E-state index contributed by atoms with van der Waals surface area (Å²) in [6.45, 7) is 2.29. The van der Waals surface area contributed by atoms with Crippen molar-refractivity contribution < 1.29 is 5.11 Å². The van der Waals surface area contributed by atoms with Crippen LogP contribution in [0.5, 0.6) is 0 Å². The van der Waals surface area contributed by atoms with Gasteiger partial charge < -0.3 is 10.8 Å². The van der Waals surface area contributed by atoms with E-state index in [1.807, 2.05) is 0 Å². The second kappa shape index (κ2) is 22.2. The van der Waals surface area contributed by atoms with Crippen LogP contribution in [0.25, 0.3) is 0 Å². The van der Waals surface area contributed by atoms with E-state index < -0.39 is 5.17 Å². The molecular weight excluding hydrogens is 294 g/mol. The maximum Gasteiger partial charge on any atom is 0.0209 e. The Morgan fingerprint density at radius 1 is 0.800 bits per heavy atom. The summed E-state index contributed by atoms with van der Waals surface area (Å²) >= 11 is 5.26. The summed E-state index contributed by atoms with van der Waals surface area (Å²) in [5.41, 5.74) is 4.29. The second-order valence-corrected chi connectivity index (χ2v) is 6.92. The topological polar surface area (TPSA) is 49.1 Å². The monoisotopic (exact) mass is 327 g/mol. The fraction of sp³-hybridized carbons (Fsp3) is 0.938. The number of nitrogens with two attached hydrogens (primary N) is 1. The van der Waals surface area contributed by atoms with Crippen LogP contribution in [-0.2, 0) is 0 Å². The van der Waals surface area contributed by atoms with E-state index in [9.17, 15) is 0 Å². The normalized spacial score (nSPS) is 9.95. The van der Waals surface area contributed by atoms with Crippen LogP contribution in [0, 0.1) is 0 Å². The summed E-state index contributed by atoms with van der Waals surface area (Å²) in [6, 6.07) is 0. The second-order valence-electron chi connectivity index (χ2n) is 5.42. The zero-order chi connectivity index (χ0) is 15.5. The smallest absolute Gasteiger partial charge is 0.0209 e. The molecule has 0 aliphatic carbocycles. The summed E-state index contributed by atoms with van der Waals surface area (Å²) in [7, 11) is 0. The van der Waals surface area contributed by atoms with Crippen LogP contribution >= 0.6 is 12.2 Å². The molecule has 0 aromatic rings. The fourth-order valence-electron chi connectivity index (χ4n) is 2.19. The quantitative estimate of drug-likeness (QED) is 0.312. The van der Waals surface area contributed by atoms with Gasteiger partial charge in [-0.3, -0.25) is 0 Å². The van der Waals surface area contributed by atoms with Gasteiger partial charge in [-0.2, -0.15) is 0 Å². The van der Waals surface area contributed by atoms with E-state index in [1.165, 1.54) is 122 Å². The largest absolute Gasteiger partial charge is 0.852 e. The van der Waals surface area contributed by atoms with Crippen LogP contribution in [-0.4, -0.2) is 41.0 Å². The first-order valence-corrected chi connectivity index (χ1v) is 10.4. The van der Waals surface area contributed by atoms with E-state index in [0.29, 0.717) is 0 Å². The van der Waals surface area contributed by atoms with Crippen molar-refractivity contribution in [2.75, 3.05) is 0 Å². The Balaban J connectivity index is 0. The first-order chi connectivity index (χ1) is 9.65. The van der Waals surface area contributed by atoms with E-state index in [-0.39, 0.29) is 0 Å². The molecule has 0 amide bonds. The number of hydrogen-bond donors (Lipinski definition) is 1. The Morgan fingerprint density at radius 3 is 1.30 bits per heavy atom. The Bertz CT molecular complexity index is 173. The van der Waals surface area contributed by atoms with Crippen LogP contribution < -0.4 is 10.8 Å². The SMILES string of the molecule is CCCCCCCCCCCCCC[CH2][Ca+].NC([O-])=S. The van der Waals surface area contributed by atoms with Crippen molar-refractivity contribution in [3.8, 4) is 0 Å². The number of unbranched alkanes of at least 4 members (excludes halogenated alkanes) is 12. The molecule has 0 aliphatic rings. The minimum atomic E-state index is -0.750. The number of hydrogen-bond acceptors (Lipinski definition) is 2. The van der Waals surface area contributed by atoms with Crippen molar-refractivity contribution in [2.45, 2.75) is 92.9 Å². The van der Waals surface area contributed by atoms with Gasteiger partial charge in [-0.1, -0.05) is 32.0 Å². The van der Waals surface area contributed by atoms with Crippen molar-refractivity contribution in [3.63, 3.8) is 0 Å². The summed E-state index contributed by atoms with van der Waals surface area (Å²) in [6.07, 6.45) is 19.2. The molecule has 0 saturated carbocycles. The van der Waals surface area contributed by atoms with Gasteiger partial charge in [-0.25, -0.2) is 0 Å². The zero-order valence-corrected chi connectivity index (χ0v) is 16.5. The van der Waals surface area contributed by atoms with Crippen LogP contribution in [0.3, 0.4) is 0 Å². The van der Waals surface area contributed by atoms with Gasteiger partial charge >= 0.3 is 109 Å². The molecule has 0 unspecified atom stereocenters. The van der Waals surface area contributed by atoms with Crippen LogP contribution in [0.15, 0.2) is 0 Å². The first kappa shape index (κ1) is 23.2. The van der Waals surface area contributed by atoms with Crippen LogP contribution in [0.1, 0.15) is 90.4 Å². The van der Waals surface area contributed by atoms with Gasteiger partial charge in [0.25, 0.3) is 0 Å². The summed E-state index contributed by atoms with van der Waals surface area (Å²) < 4.78 is 1.50. The van der Waals surface area contributed by atoms with Gasteiger partial charge in [0.15, 0.2) is 0 Å². The van der Waals surface area contributed by atoms with Gasteiger partial charge in [0, 0.05) is 5.17 Å². The fourth-order valence-corrected chi connectivity index (χ4v) is 2.75. The molecule has 0 saturated heterocycles. The zero-order valence-electron chi connectivity index (χ0n) is 13.5. The first-order valence-electron chi connectivity index (χ1n) is 8.40. The van der Waals surface area contributed by atoms with Crippen molar-refractivity contribution in [2.24, 2.45) is 5.73 Å². The van der Waals surface area contributed by atoms with Crippen molar-refractivity contribution in [3.05, 3.63) is 0 Å². The average molecular weight is 328 g/mol. The minimum absolute atomic E-state index is 0.750. The molecule has 0 spiro atoms. The van der Waals surface area contributed by atoms with Gasteiger partial charge in [0.1, 0.15) is 0 Å². The summed E-state index contributed by atoms with van der Waals surface area (Å²) in [5.74, 6) is 0. The molecule has 116 valence electrons. The molecule has 0 heterocycles. The minimum Gasteiger partial charge on any atom is -0.852 e. The van der Waals surface area contributed by atoms with E-state index in [1.54, 1.807) is 0 Å².